The van der Waals surface area contributed by atoms with Crippen LogP contribution in [0, 0.1) is 0 Å². The Morgan fingerprint density at radius 2 is 1.90 bits per heavy atom. The molecule has 3 aromatic rings. The predicted octanol–water partition coefficient (Wildman–Crippen LogP) is 4.49. The lowest BCUT2D eigenvalue weighted by molar-refractivity contribution is -0.133. The Bertz CT molecular complexity index is 967. The first-order chi connectivity index (χ1) is 14.1. The maximum atomic E-state index is 12.6. The molecule has 0 atom stereocenters. The molecule has 6 nitrogen and oxygen atoms in total. The van der Waals surface area contributed by atoms with E-state index in [9.17, 15) is 4.79 Å². The van der Waals surface area contributed by atoms with E-state index in [1.165, 1.54) is 4.88 Å². The normalized spacial score (nSPS) is 15.0. The first-order valence-corrected chi connectivity index (χ1v) is 11.4. The Morgan fingerprint density at radius 3 is 2.59 bits per heavy atom. The number of piperazine rings is 1. The number of thiophene rings is 1. The molecule has 4 rings (SSSR count). The highest BCUT2D eigenvalue weighted by Gasteiger charge is 2.22. The van der Waals surface area contributed by atoms with E-state index in [0.717, 1.165) is 42.1 Å². The van der Waals surface area contributed by atoms with Crippen molar-refractivity contribution in [1.29, 1.82) is 0 Å². The van der Waals surface area contributed by atoms with Gasteiger partial charge >= 0.3 is 0 Å². The molecule has 0 aliphatic carbocycles. The molecule has 3 heterocycles. The number of amides is 1. The monoisotopic (exact) mass is 494 g/mol. The Kier molecular flexibility index (Phi) is 6.64. The van der Waals surface area contributed by atoms with Crippen LogP contribution in [0.3, 0.4) is 0 Å². The molecule has 0 radical (unpaired) electrons. The number of hydrogen-bond donors (Lipinski definition) is 0. The summed E-state index contributed by atoms with van der Waals surface area (Å²) in [6.45, 7) is 4.23. The minimum absolute atomic E-state index is 0.134. The van der Waals surface area contributed by atoms with Crippen LogP contribution in [0.5, 0.6) is 0 Å². The van der Waals surface area contributed by atoms with Crippen LogP contribution < -0.4 is 0 Å². The van der Waals surface area contributed by atoms with Gasteiger partial charge in [0.2, 0.25) is 17.6 Å². The van der Waals surface area contributed by atoms with Gasteiger partial charge < -0.3 is 9.42 Å². The third-order valence-electron chi connectivity index (χ3n) is 4.86. The number of aromatic nitrogens is 2. The van der Waals surface area contributed by atoms with Crippen LogP contribution in [0.15, 0.2) is 44.7 Å². The largest absolute Gasteiger partial charge is 0.340 e. The maximum Gasteiger partial charge on any atom is 0.227 e. The van der Waals surface area contributed by atoms with Crippen molar-refractivity contribution in [3.8, 4) is 11.4 Å². The van der Waals surface area contributed by atoms with Crippen molar-refractivity contribution in [2.24, 2.45) is 0 Å². The Morgan fingerprint density at radius 1 is 1.14 bits per heavy atom. The summed E-state index contributed by atoms with van der Waals surface area (Å²) < 4.78 is 6.45. The first-order valence-electron chi connectivity index (χ1n) is 9.40. The standard InChI is InChI=1S/C20H20BrClN4O2S/c21-17-6-5-16(29-17)13-25-9-11-26(12-10-25)19(27)8-7-18-23-20(24-28-18)14-1-3-15(22)4-2-14/h1-6H,7-13H2. The SMILES string of the molecule is O=C(CCc1nc(-c2ccc(Cl)cc2)no1)N1CCN(Cc2ccc(Br)s2)CC1. The Hall–Kier alpha value is -1.74. The number of carbonyl (C=O) groups is 1. The summed E-state index contributed by atoms with van der Waals surface area (Å²) in [4.78, 5) is 22.6. The van der Waals surface area contributed by atoms with E-state index in [2.05, 4.69) is 43.1 Å². The van der Waals surface area contributed by atoms with E-state index in [1.54, 1.807) is 23.5 Å². The zero-order valence-corrected chi connectivity index (χ0v) is 18.8. The van der Waals surface area contributed by atoms with Crippen LogP contribution in [-0.2, 0) is 17.8 Å². The van der Waals surface area contributed by atoms with Crippen molar-refractivity contribution in [2.45, 2.75) is 19.4 Å². The van der Waals surface area contributed by atoms with E-state index in [1.807, 2.05) is 17.0 Å². The van der Waals surface area contributed by atoms with Gasteiger partial charge in [0.15, 0.2) is 0 Å². The lowest BCUT2D eigenvalue weighted by atomic mass is 10.2. The molecular weight excluding hydrogens is 476 g/mol. The van der Waals surface area contributed by atoms with Crippen LogP contribution in [0.25, 0.3) is 11.4 Å². The molecule has 1 amide bonds. The van der Waals surface area contributed by atoms with Gasteiger partial charge in [-0.05, 0) is 52.3 Å². The zero-order chi connectivity index (χ0) is 20.2. The fourth-order valence-corrected chi connectivity index (χ4v) is 4.91. The number of aryl methyl sites for hydroxylation is 1. The predicted molar refractivity (Wildman–Crippen MR) is 117 cm³/mol. The third kappa shape index (κ3) is 5.45. The summed E-state index contributed by atoms with van der Waals surface area (Å²) in [5.41, 5.74) is 0.838. The molecule has 1 fully saturated rings. The van der Waals surface area contributed by atoms with Gasteiger partial charge in [0.1, 0.15) is 0 Å². The van der Waals surface area contributed by atoms with Gasteiger partial charge in [0, 0.05) is 61.0 Å². The zero-order valence-electron chi connectivity index (χ0n) is 15.7. The average Bonchev–Trinajstić information content (AvgIpc) is 3.36. The third-order valence-corrected chi connectivity index (χ3v) is 6.72. The minimum atomic E-state index is 0.134. The number of rotatable bonds is 6. The lowest BCUT2D eigenvalue weighted by Gasteiger charge is -2.34. The molecule has 1 aromatic carbocycles. The maximum absolute atomic E-state index is 12.6. The van der Waals surface area contributed by atoms with Crippen LogP contribution in [0.2, 0.25) is 5.02 Å². The summed E-state index contributed by atoms with van der Waals surface area (Å²) in [6, 6.07) is 11.5. The van der Waals surface area contributed by atoms with Gasteiger partial charge in [-0.3, -0.25) is 9.69 Å². The molecule has 0 saturated carbocycles. The van der Waals surface area contributed by atoms with E-state index in [-0.39, 0.29) is 5.91 Å². The van der Waals surface area contributed by atoms with Crippen molar-refractivity contribution in [3.05, 3.63) is 56.0 Å². The van der Waals surface area contributed by atoms with E-state index in [4.69, 9.17) is 16.1 Å². The minimum Gasteiger partial charge on any atom is -0.340 e. The van der Waals surface area contributed by atoms with E-state index in [0.29, 0.717) is 29.6 Å². The fourth-order valence-electron chi connectivity index (χ4n) is 3.26. The van der Waals surface area contributed by atoms with Gasteiger partial charge in [-0.1, -0.05) is 16.8 Å². The lowest BCUT2D eigenvalue weighted by Crippen LogP contribution is -2.48. The summed E-state index contributed by atoms with van der Waals surface area (Å²) in [6.07, 6.45) is 0.822. The van der Waals surface area contributed by atoms with Crippen molar-refractivity contribution in [1.82, 2.24) is 19.9 Å². The van der Waals surface area contributed by atoms with Gasteiger partial charge in [0.05, 0.1) is 3.79 Å². The Labute approximate surface area is 186 Å². The molecule has 0 bridgehead atoms. The Balaban J connectivity index is 1.24. The van der Waals surface area contributed by atoms with Crippen LogP contribution in [0.4, 0.5) is 0 Å². The first kappa shape index (κ1) is 20.5. The number of carbonyl (C=O) groups excluding carboxylic acids is 1. The van der Waals surface area contributed by atoms with Gasteiger partial charge in [-0.25, -0.2) is 0 Å². The quantitative estimate of drug-likeness (QED) is 0.504. The molecule has 1 aliphatic rings. The highest BCUT2D eigenvalue weighted by molar-refractivity contribution is 9.11. The van der Waals surface area contributed by atoms with Crippen LogP contribution in [0.1, 0.15) is 17.2 Å². The molecule has 0 spiro atoms. The van der Waals surface area contributed by atoms with Crippen molar-refractivity contribution >= 4 is 44.8 Å². The molecule has 0 unspecified atom stereocenters. The van der Waals surface area contributed by atoms with Crippen molar-refractivity contribution in [2.75, 3.05) is 26.2 Å². The molecule has 29 heavy (non-hydrogen) atoms. The second-order valence-corrected chi connectivity index (χ2v) is 9.87. The molecule has 152 valence electrons. The summed E-state index contributed by atoms with van der Waals surface area (Å²) in [7, 11) is 0. The summed E-state index contributed by atoms with van der Waals surface area (Å²) >= 11 is 11.2. The van der Waals surface area contributed by atoms with Gasteiger partial charge in [-0.15, -0.1) is 11.3 Å². The topological polar surface area (TPSA) is 62.5 Å². The highest BCUT2D eigenvalue weighted by Crippen LogP contribution is 2.24. The van der Waals surface area contributed by atoms with E-state index < -0.39 is 0 Å². The van der Waals surface area contributed by atoms with Crippen LogP contribution in [-0.4, -0.2) is 52.0 Å². The van der Waals surface area contributed by atoms with E-state index >= 15 is 0 Å². The molecular formula is C20H20BrClN4O2S. The average molecular weight is 496 g/mol. The van der Waals surface area contributed by atoms with Crippen molar-refractivity contribution < 1.29 is 9.32 Å². The summed E-state index contributed by atoms with van der Waals surface area (Å²) in [5.74, 6) is 1.12. The second-order valence-electron chi connectivity index (χ2n) is 6.88. The number of halogens is 2. The molecule has 2 aromatic heterocycles. The van der Waals surface area contributed by atoms with Crippen LogP contribution >= 0.6 is 38.9 Å². The molecule has 9 heteroatoms. The fraction of sp³-hybridized carbons (Fsp3) is 0.350. The van der Waals surface area contributed by atoms with Gasteiger partial charge in [-0.2, -0.15) is 4.98 Å². The number of nitrogens with zero attached hydrogens (tertiary/aromatic N) is 4. The number of hydrogen-bond acceptors (Lipinski definition) is 6. The van der Waals surface area contributed by atoms with Gasteiger partial charge in [0.25, 0.3) is 0 Å². The smallest absolute Gasteiger partial charge is 0.227 e. The molecule has 0 N–H and O–H groups in total. The second kappa shape index (κ2) is 9.38. The molecule has 1 saturated heterocycles. The van der Waals surface area contributed by atoms with Crippen molar-refractivity contribution in [3.63, 3.8) is 0 Å². The highest BCUT2D eigenvalue weighted by atomic mass is 79.9. The molecule has 1 aliphatic heterocycles. The number of benzene rings is 1. The summed E-state index contributed by atoms with van der Waals surface area (Å²) in [5, 5.41) is 4.65.